The number of nitriles is 1. The highest BCUT2D eigenvalue weighted by atomic mass is 16.5. The van der Waals surface area contributed by atoms with E-state index in [1.807, 2.05) is 30.0 Å². The zero-order valence-electron chi connectivity index (χ0n) is 26.7. The first-order valence-electron chi connectivity index (χ1n) is 16.4. The minimum Gasteiger partial charge on any atom is -0.462 e. The molecular weight excluding hydrogens is 550 g/mol. The third-order valence-corrected chi connectivity index (χ3v) is 10.3. The summed E-state index contributed by atoms with van der Waals surface area (Å²) in [5.74, 6) is 0.904. The standard InChI is InChI=1S/C35H47N7O2/c1-39(2)19-8-13-32(43)42-22-21-41(24-27(42)15-18-36)33-29-14-17-35(16-6-10-26-9-4-5-12-30(26)35)23-31(29)37-34(38-33)44-25-28-11-7-20-40(28)3/h4-5,8-9,12-13,27-28H,6-7,10-11,14-17,19-25H2,1-3H3/b13-8+/t27-,28-,35?/m0/s1. The first kappa shape index (κ1) is 30.5. The highest BCUT2D eigenvalue weighted by Crippen LogP contribution is 2.47. The van der Waals surface area contributed by atoms with Crippen LogP contribution in [0.1, 0.15) is 60.9 Å². The molecule has 2 aromatic rings. The molecule has 234 valence electrons. The number of likely N-dealkylation sites (tertiary alicyclic amines) is 1. The van der Waals surface area contributed by atoms with Gasteiger partial charge in [-0.25, -0.2) is 0 Å². The lowest BCUT2D eigenvalue weighted by molar-refractivity contribution is -0.128. The summed E-state index contributed by atoms with van der Waals surface area (Å²) in [5, 5.41) is 9.70. The Hall–Kier alpha value is -3.48. The molecule has 1 aromatic heterocycles. The number of nitrogens with zero attached hydrogens (tertiary/aromatic N) is 7. The number of ether oxygens (including phenoxy) is 1. The van der Waals surface area contributed by atoms with Gasteiger partial charge in [-0.2, -0.15) is 15.2 Å². The van der Waals surface area contributed by atoms with Gasteiger partial charge in [-0.1, -0.05) is 30.3 Å². The van der Waals surface area contributed by atoms with Crippen molar-refractivity contribution in [2.24, 2.45) is 0 Å². The molecule has 2 fully saturated rings. The van der Waals surface area contributed by atoms with Crippen LogP contribution in [0.15, 0.2) is 36.4 Å². The summed E-state index contributed by atoms with van der Waals surface area (Å²) < 4.78 is 6.38. The summed E-state index contributed by atoms with van der Waals surface area (Å²) in [6.07, 6.45) is 12.6. The van der Waals surface area contributed by atoms with Crippen LogP contribution in [0.5, 0.6) is 6.01 Å². The maximum Gasteiger partial charge on any atom is 0.318 e. The fraction of sp³-hybridized carbons (Fsp3) is 0.600. The summed E-state index contributed by atoms with van der Waals surface area (Å²) in [5.41, 5.74) is 5.40. The van der Waals surface area contributed by atoms with Crippen LogP contribution < -0.4 is 9.64 Å². The number of anilines is 1. The highest BCUT2D eigenvalue weighted by molar-refractivity contribution is 5.88. The minimum atomic E-state index is -0.201. The van der Waals surface area contributed by atoms with Crippen LogP contribution in [-0.4, -0.2) is 103 Å². The Balaban J connectivity index is 1.30. The van der Waals surface area contributed by atoms with E-state index in [4.69, 9.17) is 14.7 Å². The molecule has 9 nitrogen and oxygen atoms in total. The van der Waals surface area contributed by atoms with E-state index >= 15 is 0 Å². The van der Waals surface area contributed by atoms with Crippen molar-refractivity contribution < 1.29 is 9.53 Å². The Morgan fingerprint density at radius 1 is 1.14 bits per heavy atom. The monoisotopic (exact) mass is 597 g/mol. The lowest BCUT2D eigenvalue weighted by Crippen LogP contribution is -2.55. The summed E-state index contributed by atoms with van der Waals surface area (Å²) in [4.78, 5) is 31.9. The van der Waals surface area contributed by atoms with Gasteiger partial charge in [0.25, 0.3) is 0 Å². The van der Waals surface area contributed by atoms with Crippen molar-refractivity contribution in [2.45, 2.75) is 75.3 Å². The number of likely N-dealkylation sites (N-methyl/N-ethyl adjacent to an activating group) is 2. The third kappa shape index (κ3) is 6.33. The number of amides is 1. The fourth-order valence-electron chi connectivity index (χ4n) is 7.89. The quantitative estimate of drug-likeness (QED) is 0.425. The normalized spacial score (nSPS) is 25.3. The Morgan fingerprint density at radius 3 is 2.80 bits per heavy atom. The van der Waals surface area contributed by atoms with E-state index in [9.17, 15) is 10.1 Å². The van der Waals surface area contributed by atoms with Crippen LogP contribution in [-0.2, 0) is 29.5 Å². The maximum atomic E-state index is 13.1. The van der Waals surface area contributed by atoms with Gasteiger partial charge in [-0.15, -0.1) is 0 Å². The zero-order valence-corrected chi connectivity index (χ0v) is 26.7. The SMILES string of the molecule is CN(C)C/C=C/C(=O)N1CCN(c2nc(OC[C@@H]3CCCN3C)nc3c2CCC2(CCCc4ccccc42)C3)C[C@@H]1CC#N. The number of benzene rings is 1. The maximum absolute atomic E-state index is 13.1. The number of aryl methyl sites for hydroxylation is 1. The highest BCUT2D eigenvalue weighted by Gasteiger charge is 2.42. The van der Waals surface area contributed by atoms with Crippen molar-refractivity contribution in [3.8, 4) is 12.1 Å². The molecule has 1 unspecified atom stereocenters. The Bertz CT molecular complexity index is 1420. The Labute approximate surface area is 262 Å². The van der Waals surface area contributed by atoms with Crippen molar-refractivity contribution in [1.82, 2.24) is 24.7 Å². The summed E-state index contributed by atoms with van der Waals surface area (Å²) in [6.45, 7) is 4.17. The average molecular weight is 598 g/mol. The largest absolute Gasteiger partial charge is 0.462 e. The number of fused-ring (bicyclic) bond motifs is 3. The smallest absolute Gasteiger partial charge is 0.318 e. The molecule has 0 radical (unpaired) electrons. The number of hydrogen-bond donors (Lipinski definition) is 0. The molecular formula is C35H47N7O2. The second kappa shape index (κ2) is 13.3. The van der Waals surface area contributed by atoms with Crippen molar-refractivity contribution in [3.63, 3.8) is 0 Å². The van der Waals surface area contributed by atoms with Gasteiger partial charge in [0.2, 0.25) is 5.91 Å². The molecule has 4 aliphatic rings. The van der Waals surface area contributed by atoms with Gasteiger partial charge in [-0.05, 0) is 90.2 Å². The van der Waals surface area contributed by atoms with E-state index in [2.05, 4.69) is 47.2 Å². The zero-order chi connectivity index (χ0) is 30.7. The second-order valence-electron chi connectivity index (χ2n) is 13.5. The molecule has 0 bridgehead atoms. The molecule has 6 rings (SSSR count). The van der Waals surface area contributed by atoms with Gasteiger partial charge in [-0.3, -0.25) is 4.79 Å². The number of carbonyl (C=O) groups is 1. The van der Waals surface area contributed by atoms with Crippen molar-refractivity contribution in [3.05, 3.63) is 58.8 Å². The van der Waals surface area contributed by atoms with E-state index < -0.39 is 0 Å². The third-order valence-electron chi connectivity index (χ3n) is 10.3. The number of hydrogen-bond acceptors (Lipinski definition) is 8. The fourth-order valence-corrected chi connectivity index (χ4v) is 7.89. The van der Waals surface area contributed by atoms with Crippen molar-refractivity contribution >= 4 is 11.7 Å². The summed E-state index contributed by atoms with van der Waals surface area (Å²) in [7, 11) is 6.12. The molecule has 2 aliphatic heterocycles. The summed E-state index contributed by atoms with van der Waals surface area (Å²) in [6, 6.07) is 12.0. The average Bonchev–Trinajstić information content (AvgIpc) is 3.44. The second-order valence-corrected chi connectivity index (χ2v) is 13.5. The predicted molar refractivity (Wildman–Crippen MR) is 172 cm³/mol. The van der Waals surface area contributed by atoms with Gasteiger partial charge >= 0.3 is 6.01 Å². The van der Waals surface area contributed by atoms with Crippen LogP contribution >= 0.6 is 0 Å². The lowest BCUT2D eigenvalue weighted by Gasteiger charge is -2.44. The van der Waals surface area contributed by atoms with Crippen LogP contribution in [0.4, 0.5) is 5.82 Å². The lowest BCUT2D eigenvalue weighted by atomic mass is 9.62. The molecule has 2 saturated heterocycles. The van der Waals surface area contributed by atoms with Crippen LogP contribution in [0.3, 0.4) is 0 Å². The molecule has 2 aliphatic carbocycles. The van der Waals surface area contributed by atoms with Crippen LogP contribution in [0.25, 0.3) is 0 Å². The van der Waals surface area contributed by atoms with E-state index in [-0.39, 0.29) is 23.8 Å². The number of aromatic nitrogens is 2. The Morgan fingerprint density at radius 2 is 2.00 bits per heavy atom. The molecule has 9 heteroatoms. The van der Waals surface area contributed by atoms with Gasteiger partial charge in [0.1, 0.15) is 12.4 Å². The van der Waals surface area contributed by atoms with E-state index in [1.54, 1.807) is 6.08 Å². The number of carbonyl (C=O) groups excluding carboxylic acids is 1. The molecule has 44 heavy (non-hydrogen) atoms. The van der Waals surface area contributed by atoms with E-state index in [0.29, 0.717) is 44.8 Å². The molecule has 1 spiro atoms. The first-order chi connectivity index (χ1) is 21.4. The minimum absolute atomic E-state index is 0.0286. The molecule has 1 aromatic carbocycles. The summed E-state index contributed by atoms with van der Waals surface area (Å²) >= 11 is 0. The molecule has 3 heterocycles. The first-order valence-corrected chi connectivity index (χ1v) is 16.4. The molecule has 1 amide bonds. The van der Waals surface area contributed by atoms with E-state index in [0.717, 1.165) is 50.2 Å². The number of piperazine rings is 1. The van der Waals surface area contributed by atoms with Gasteiger partial charge in [0.15, 0.2) is 0 Å². The topological polar surface area (TPSA) is 88.8 Å². The van der Waals surface area contributed by atoms with Crippen molar-refractivity contribution in [1.29, 1.82) is 5.26 Å². The predicted octanol–water partition coefficient (Wildman–Crippen LogP) is 3.76. The molecule has 0 N–H and O–H groups in total. The Kier molecular flexibility index (Phi) is 9.20. The molecule has 0 saturated carbocycles. The van der Waals surface area contributed by atoms with Crippen LogP contribution in [0, 0.1) is 11.3 Å². The van der Waals surface area contributed by atoms with Crippen molar-refractivity contribution in [2.75, 3.05) is 65.4 Å². The molecule has 3 atom stereocenters. The number of rotatable bonds is 8. The van der Waals surface area contributed by atoms with Crippen LogP contribution in [0.2, 0.25) is 0 Å². The van der Waals surface area contributed by atoms with E-state index in [1.165, 1.54) is 36.0 Å². The van der Waals surface area contributed by atoms with Gasteiger partial charge < -0.3 is 24.3 Å². The van der Waals surface area contributed by atoms with Gasteiger partial charge in [0.05, 0.1) is 24.2 Å². The van der Waals surface area contributed by atoms with Gasteiger partial charge in [0, 0.05) is 49.3 Å².